The maximum Gasteiger partial charge on any atom is 0.305 e. The zero-order valence-electron chi connectivity index (χ0n) is 12.5. The molecule has 0 fully saturated rings. The summed E-state index contributed by atoms with van der Waals surface area (Å²) in [6.45, 7) is 0. The summed E-state index contributed by atoms with van der Waals surface area (Å²) in [6, 6.07) is 5.11. The number of amides is 2. The Morgan fingerprint density at radius 1 is 1.04 bits per heavy atom. The van der Waals surface area contributed by atoms with Gasteiger partial charge in [-0.15, -0.1) is 11.3 Å². The van der Waals surface area contributed by atoms with Gasteiger partial charge in [-0.05, 0) is 65.4 Å². The molecule has 0 saturated heterocycles. The van der Waals surface area contributed by atoms with Crippen LogP contribution in [0.15, 0.2) is 27.3 Å². The summed E-state index contributed by atoms with van der Waals surface area (Å²) in [5.74, 6) is -0.643. The first-order chi connectivity index (χ1) is 11.1. The highest BCUT2D eigenvalue weighted by Crippen LogP contribution is 2.28. The number of furan rings is 1. The molecule has 2 heterocycles. The summed E-state index contributed by atoms with van der Waals surface area (Å²) in [7, 11) is 0. The van der Waals surface area contributed by atoms with Crippen molar-refractivity contribution in [3.8, 4) is 0 Å². The summed E-state index contributed by atoms with van der Waals surface area (Å²) < 4.78 is 5.60. The number of fused-ring (bicyclic) bond motifs is 1. The lowest BCUT2D eigenvalue weighted by atomic mass is 10.00. The molecule has 7 heteroatoms. The van der Waals surface area contributed by atoms with Crippen LogP contribution in [0.5, 0.6) is 0 Å². The molecule has 2 N–H and O–H groups in total. The number of hydrogen-bond donors (Lipinski definition) is 2. The minimum atomic E-state index is -0.487. The highest BCUT2D eigenvalue weighted by molar-refractivity contribution is 9.10. The van der Waals surface area contributed by atoms with Crippen LogP contribution in [0.25, 0.3) is 0 Å². The van der Waals surface area contributed by atoms with Gasteiger partial charge in [-0.3, -0.25) is 20.4 Å². The lowest BCUT2D eigenvalue weighted by Crippen LogP contribution is -2.41. The first kappa shape index (κ1) is 16.3. The second-order valence-corrected chi connectivity index (χ2v) is 7.40. The molecule has 2 aromatic heterocycles. The van der Waals surface area contributed by atoms with Crippen molar-refractivity contribution in [3.05, 3.63) is 43.9 Å². The van der Waals surface area contributed by atoms with E-state index in [-0.39, 0.29) is 11.7 Å². The van der Waals surface area contributed by atoms with E-state index < -0.39 is 5.91 Å². The van der Waals surface area contributed by atoms with Crippen LogP contribution in [0, 0.1) is 0 Å². The summed E-state index contributed by atoms with van der Waals surface area (Å²) >= 11 is 4.65. The molecule has 1 aliphatic rings. The fraction of sp³-hybridized carbons (Fsp3) is 0.375. The number of halogens is 1. The van der Waals surface area contributed by atoms with E-state index in [0.29, 0.717) is 9.55 Å². The van der Waals surface area contributed by atoms with Gasteiger partial charge in [0.15, 0.2) is 10.4 Å². The van der Waals surface area contributed by atoms with E-state index in [1.807, 2.05) is 6.07 Å². The maximum atomic E-state index is 12.2. The predicted molar refractivity (Wildman–Crippen MR) is 91.5 cm³/mol. The van der Waals surface area contributed by atoms with Crippen LogP contribution in [-0.2, 0) is 12.8 Å². The quantitative estimate of drug-likeness (QED) is 0.757. The van der Waals surface area contributed by atoms with Crippen LogP contribution in [0.1, 0.15) is 56.4 Å². The predicted octanol–water partition coefficient (Wildman–Crippen LogP) is 3.84. The minimum Gasteiger partial charge on any atom is -0.444 e. The Bertz CT molecular complexity index is 697. The number of thiophene rings is 1. The highest BCUT2D eigenvalue weighted by Gasteiger charge is 2.17. The number of nitrogens with one attached hydrogen (secondary N) is 2. The number of rotatable bonds is 2. The van der Waals surface area contributed by atoms with Crippen LogP contribution in [0.4, 0.5) is 0 Å². The largest absolute Gasteiger partial charge is 0.444 e. The molecular formula is C16H17BrN2O3S. The van der Waals surface area contributed by atoms with E-state index in [0.717, 1.165) is 12.8 Å². The molecule has 0 aliphatic heterocycles. The third-order valence-electron chi connectivity index (χ3n) is 3.81. The monoisotopic (exact) mass is 396 g/mol. The van der Waals surface area contributed by atoms with Gasteiger partial charge < -0.3 is 4.42 Å². The Hall–Kier alpha value is -1.60. The van der Waals surface area contributed by atoms with Gasteiger partial charge in [-0.25, -0.2) is 0 Å². The second-order valence-electron chi connectivity index (χ2n) is 5.49. The molecule has 23 heavy (non-hydrogen) atoms. The zero-order valence-corrected chi connectivity index (χ0v) is 14.9. The Balaban J connectivity index is 1.62. The van der Waals surface area contributed by atoms with Crippen molar-refractivity contribution < 1.29 is 14.0 Å². The first-order valence-corrected chi connectivity index (χ1v) is 9.22. The lowest BCUT2D eigenvalue weighted by molar-refractivity contribution is 0.0832. The molecule has 0 saturated carbocycles. The Morgan fingerprint density at radius 3 is 2.52 bits per heavy atom. The normalized spacial score (nSPS) is 14.5. The zero-order chi connectivity index (χ0) is 16.2. The first-order valence-electron chi connectivity index (χ1n) is 7.61. The molecule has 122 valence electrons. The van der Waals surface area contributed by atoms with Crippen LogP contribution >= 0.6 is 27.3 Å². The third-order valence-corrected chi connectivity index (χ3v) is 5.47. The van der Waals surface area contributed by atoms with Gasteiger partial charge in [-0.2, -0.15) is 0 Å². The molecular weight excluding hydrogens is 380 g/mol. The van der Waals surface area contributed by atoms with Crippen LogP contribution < -0.4 is 10.9 Å². The molecule has 0 radical (unpaired) electrons. The van der Waals surface area contributed by atoms with Crippen molar-refractivity contribution in [3.63, 3.8) is 0 Å². The summed E-state index contributed by atoms with van der Waals surface area (Å²) in [5, 5.41) is 0. The van der Waals surface area contributed by atoms with Crippen LogP contribution in [-0.4, -0.2) is 11.8 Å². The smallest absolute Gasteiger partial charge is 0.305 e. The number of hydrazine groups is 1. The molecule has 2 amide bonds. The van der Waals surface area contributed by atoms with Gasteiger partial charge in [0.2, 0.25) is 0 Å². The fourth-order valence-electron chi connectivity index (χ4n) is 2.63. The van der Waals surface area contributed by atoms with Crippen LogP contribution in [0.3, 0.4) is 0 Å². The van der Waals surface area contributed by atoms with Gasteiger partial charge in [0.1, 0.15) is 0 Å². The van der Waals surface area contributed by atoms with E-state index in [1.165, 1.54) is 53.5 Å². The number of carbonyl (C=O) groups is 2. The Kier molecular flexibility index (Phi) is 5.17. The number of hydrogen-bond acceptors (Lipinski definition) is 4. The molecule has 5 nitrogen and oxygen atoms in total. The summed E-state index contributed by atoms with van der Waals surface area (Å²) in [5.41, 5.74) is 6.09. The van der Waals surface area contributed by atoms with Crippen molar-refractivity contribution in [1.82, 2.24) is 10.9 Å². The molecule has 0 unspecified atom stereocenters. The van der Waals surface area contributed by atoms with E-state index in [4.69, 9.17) is 4.42 Å². The Labute approximate surface area is 146 Å². The standard InChI is InChI=1S/C16H17BrN2O3S/c17-14-8-7-11(22-14)15(20)18-19-16(21)13-9-10-5-3-1-2-4-6-12(10)23-13/h7-9H,1-6H2,(H,18,20)(H,19,21). The molecule has 2 aromatic rings. The number of carbonyl (C=O) groups excluding carboxylic acids is 2. The molecule has 0 aromatic carbocycles. The van der Waals surface area contributed by atoms with E-state index in [2.05, 4.69) is 26.8 Å². The van der Waals surface area contributed by atoms with E-state index in [1.54, 1.807) is 6.07 Å². The van der Waals surface area contributed by atoms with Gasteiger partial charge in [0.25, 0.3) is 5.91 Å². The van der Waals surface area contributed by atoms with Crippen molar-refractivity contribution >= 4 is 39.1 Å². The number of aryl methyl sites for hydroxylation is 2. The molecule has 0 atom stereocenters. The van der Waals surface area contributed by atoms with E-state index >= 15 is 0 Å². The third kappa shape index (κ3) is 4.03. The van der Waals surface area contributed by atoms with Crippen molar-refractivity contribution in [2.75, 3.05) is 0 Å². The van der Waals surface area contributed by atoms with Gasteiger partial charge in [0.05, 0.1) is 4.88 Å². The fourth-order valence-corrected chi connectivity index (χ4v) is 4.08. The molecule has 0 bridgehead atoms. The Morgan fingerprint density at radius 2 is 1.78 bits per heavy atom. The SMILES string of the molecule is O=C(NNC(=O)c1cc2c(s1)CCCCCC2)c1ccc(Br)o1. The van der Waals surface area contributed by atoms with Crippen molar-refractivity contribution in [1.29, 1.82) is 0 Å². The average Bonchev–Trinajstić information content (AvgIpc) is 3.11. The molecule has 3 rings (SSSR count). The lowest BCUT2D eigenvalue weighted by Gasteiger charge is -2.07. The average molecular weight is 397 g/mol. The minimum absolute atomic E-state index is 0.135. The highest BCUT2D eigenvalue weighted by atomic mass is 79.9. The van der Waals surface area contributed by atoms with Crippen LogP contribution in [0.2, 0.25) is 0 Å². The van der Waals surface area contributed by atoms with Crippen molar-refractivity contribution in [2.45, 2.75) is 38.5 Å². The van der Waals surface area contributed by atoms with Crippen molar-refractivity contribution in [2.24, 2.45) is 0 Å². The topological polar surface area (TPSA) is 71.3 Å². The maximum absolute atomic E-state index is 12.2. The van der Waals surface area contributed by atoms with Gasteiger partial charge in [0, 0.05) is 4.88 Å². The summed E-state index contributed by atoms with van der Waals surface area (Å²) in [6.07, 6.45) is 6.94. The molecule has 0 spiro atoms. The molecule has 1 aliphatic carbocycles. The second kappa shape index (κ2) is 7.31. The summed E-state index contributed by atoms with van der Waals surface area (Å²) in [4.78, 5) is 26.0. The van der Waals surface area contributed by atoms with Gasteiger partial charge in [-0.1, -0.05) is 12.8 Å². The van der Waals surface area contributed by atoms with E-state index in [9.17, 15) is 9.59 Å². The van der Waals surface area contributed by atoms with Gasteiger partial charge >= 0.3 is 5.91 Å².